The second-order valence-corrected chi connectivity index (χ2v) is 3.61. The van der Waals surface area contributed by atoms with Crippen molar-refractivity contribution in [2.24, 2.45) is 5.92 Å². The number of nitrogens with one attached hydrogen (secondary N) is 1. The third-order valence-electron chi connectivity index (χ3n) is 2.31. The Hall–Kier alpha value is -1.09. The average Bonchev–Trinajstić information content (AvgIpc) is 2.19. The molecule has 1 unspecified atom stereocenters. The Morgan fingerprint density at radius 2 is 2.14 bits per heavy atom. The molecule has 0 aliphatic carbocycles. The predicted octanol–water partition coefficient (Wildman–Crippen LogP) is 2.01. The van der Waals surface area contributed by atoms with Crippen LogP contribution in [0.15, 0.2) is 18.3 Å². The molecule has 0 fully saturated rings. The van der Waals surface area contributed by atoms with Gasteiger partial charge in [0.1, 0.15) is 0 Å². The van der Waals surface area contributed by atoms with E-state index < -0.39 is 0 Å². The Kier molecular flexibility index (Phi) is 3.89. The highest BCUT2D eigenvalue weighted by Crippen LogP contribution is 2.27. The van der Waals surface area contributed by atoms with Crippen molar-refractivity contribution in [1.82, 2.24) is 10.3 Å². The molecule has 0 aliphatic heterocycles. The maximum atomic E-state index is 5.23. The summed E-state index contributed by atoms with van der Waals surface area (Å²) in [5.41, 5.74) is 1.12. The van der Waals surface area contributed by atoms with Gasteiger partial charge in [0, 0.05) is 17.8 Å². The van der Waals surface area contributed by atoms with Crippen LogP contribution in [0.1, 0.15) is 25.5 Å². The van der Waals surface area contributed by atoms with Gasteiger partial charge in [0.15, 0.2) is 0 Å². The van der Waals surface area contributed by atoms with Gasteiger partial charge in [0.25, 0.3) is 0 Å². The molecular weight excluding hydrogens is 176 g/mol. The van der Waals surface area contributed by atoms with Crippen molar-refractivity contribution in [3.8, 4) is 5.88 Å². The molecule has 1 rings (SSSR count). The summed E-state index contributed by atoms with van der Waals surface area (Å²) >= 11 is 0. The Balaban J connectivity index is 3.02. The van der Waals surface area contributed by atoms with Gasteiger partial charge >= 0.3 is 0 Å². The Morgan fingerprint density at radius 3 is 2.64 bits per heavy atom. The summed E-state index contributed by atoms with van der Waals surface area (Å²) < 4.78 is 5.23. The molecule has 0 radical (unpaired) electrons. The maximum absolute atomic E-state index is 5.23. The van der Waals surface area contributed by atoms with Crippen molar-refractivity contribution < 1.29 is 4.74 Å². The first-order valence-corrected chi connectivity index (χ1v) is 4.86. The van der Waals surface area contributed by atoms with Crippen LogP contribution in [0.2, 0.25) is 0 Å². The summed E-state index contributed by atoms with van der Waals surface area (Å²) in [6, 6.07) is 4.27. The molecule has 0 saturated heterocycles. The fourth-order valence-electron chi connectivity index (χ4n) is 1.66. The van der Waals surface area contributed by atoms with Gasteiger partial charge in [-0.15, -0.1) is 0 Å². The van der Waals surface area contributed by atoms with Crippen molar-refractivity contribution in [3.63, 3.8) is 0 Å². The van der Waals surface area contributed by atoms with Gasteiger partial charge in [-0.25, -0.2) is 4.98 Å². The van der Waals surface area contributed by atoms with E-state index in [9.17, 15) is 0 Å². The van der Waals surface area contributed by atoms with Crippen LogP contribution in [-0.4, -0.2) is 19.1 Å². The molecule has 1 aromatic heterocycles. The normalized spacial score (nSPS) is 12.9. The summed E-state index contributed by atoms with van der Waals surface area (Å²) in [5, 5.41) is 3.27. The average molecular weight is 194 g/mol. The first-order valence-electron chi connectivity index (χ1n) is 4.86. The fraction of sp³-hybridized carbons (Fsp3) is 0.545. The number of aromatic nitrogens is 1. The van der Waals surface area contributed by atoms with Gasteiger partial charge in [-0.1, -0.05) is 19.9 Å². The molecule has 1 aromatic rings. The highest BCUT2D eigenvalue weighted by Gasteiger charge is 2.17. The number of nitrogens with zero attached hydrogens (tertiary/aromatic N) is 1. The largest absolute Gasteiger partial charge is 0.481 e. The van der Waals surface area contributed by atoms with E-state index in [-0.39, 0.29) is 0 Å². The summed E-state index contributed by atoms with van der Waals surface area (Å²) in [5.74, 6) is 1.22. The molecule has 0 aliphatic rings. The number of hydrogen-bond donors (Lipinski definition) is 1. The van der Waals surface area contributed by atoms with Crippen molar-refractivity contribution in [2.75, 3.05) is 14.2 Å². The number of rotatable bonds is 4. The zero-order valence-corrected chi connectivity index (χ0v) is 9.24. The number of methoxy groups -OCH3 is 1. The molecule has 3 heteroatoms. The first kappa shape index (κ1) is 11.0. The van der Waals surface area contributed by atoms with Gasteiger partial charge in [-0.2, -0.15) is 0 Å². The summed E-state index contributed by atoms with van der Waals surface area (Å²) in [6.07, 6.45) is 1.75. The molecule has 0 aromatic carbocycles. The van der Waals surface area contributed by atoms with Crippen molar-refractivity contribution >= 4 is 0 Å². The summed E-state index contributed by atoms with van der Waals surface area (Å²) in [4.78, 5) is 4.19. The molecule has 0 bridgehead atoms. The lowest BCUT2D eigenvalue weighted by Crippen LogP contribution is -2.22. The second-order valence-electron chi connectivity index (χ2n) is 3.61. The minimum absolute atomic E-state index is 0.290. The van der Waals surface area contributed by atoms with Gasteiger partial charge in [-0.3, -0.25) is 0 Å². The Morgan fingerprint density at radius 1 is 1.43 bits per heavy atom. The van der Waals surface area contributed by atoms with E-state index in [0.717, 1.165) is 5.56 Å². The van der Waals surface area contributed by atoms with E-state index in [2.05, 4.69) is 24.1 Å². The fourth-order valence-corrected chi connectivity index (χ4v) is 1.66. The lowest BCUT2D eigenvalue weighted by molar-refractivity contribution is 0.367. The molecule has 0 amide bonds. The second kappa shape index (κ2) is 4.96. The van der Waals surface area contributed by atoms with Crippen LogP contribution in [0.5, 0.6) is 5.88 Å². The van der Waals surface area contributed by atoms with Crippen LogP contribution in [0.4, 0.5) is 0 Å². The van der Waals surface area contributed by atoms with E-state index in [4.69, 9.17) is 4.74 Å². The molecule has 0 saturated carbocycles. The summed E-state index contributed by atoms with van der Waals surface area (Å²) in [7, 11) is 3.61. The van der Waals surface area contributed by atoms with E-state index in [1.54, 1.807) is 13.3 Å². The van der Waals surface area contributed by atoms with Crippen molar-refractivity contribution in [1.29, 1.82) is 0 Å². The van der Waals surface area contributed by atoms with E-state index in [1.165, 1.54) is 0 Å². The molecule has 1 heterocycles. The van der Waals surface area contributed by atoms with Crippen molar-refractivity contribution in [2.45, 2.75) is 19.9 Å². The Labute approximate surface area is 85.5 Å². The zero-order valence-electron chi connectivity index (χ0n) is 9.24. The van der Waals surface area contributed by atoms with Gasteiger partial charge in [0.2, 0.25) is 5.88 Å². The quantitative estimate of drug-likeness (QED) is 0.796. The van der Waals surface area contributed by atoms with Crippen LogP contribution in [0.25, 0.3) is 0 Å². The van der Waals surface area contributed by atoms with E-state index in [0.29, 0.717) is 17.8 Å². The van der Waals surface area contributed by atoms with E-state index in [1.807, 2.05) is 19.2 Å². The topological polar surface area (TPSA) is 34.2 Å². The number of pyridine rings is 1. The molecule has 1 N–H and O–H groups in total. The molecule has 78 valence electrons. The standard InChI is InChI=1S/C11H18N2O/c1-8(2)10(12-3)9-6-5-7-13-11(9)14-4/h5-8,10,12H,1-4H3. The molecule has 0 spiro atoms. The highest BCUT2D eigenvalue weighted by atomic mass is 16.5. The predicted molar refractivity (Wildman–Crippen MR) is 57.4 cm³/mol. The molecular formula is C11H18N2O. The van der Waals surface area contributed by atoms with Crippen LogP contribution in [0.3, 0.4) is 0 Å². The number of ether oxygens (including phenoxy) is 1. The van der Waals surface area contributed by atoms with Gasteiger partial charge in [-0.05, 0) is 19.0 Å². The molecule has 14 heavy (non-hydrogen) atoms. The Bertz CT molecular complexity index is 286. The van der Waals surface area contributed by atoms with Crippen LogP contribution in [-0.2, 0) is 0 Å². The van der Waals surface area contributed by atoms with Crippen LogP contribution < -0.4 is 10.1 Å². The third kappa shape index (κ3) is 2.23. The molecule has 1 atom stereocenters. The maximum Gasteiger partial charge on any atom is 0.217 e. The minimum Gasteiger partial charge on any atom is -0.481 e. The smallest absolute Gasteiger partial charge is 0.217 e. The molecule has 3 nitrogen and oxygen atoms in total. The number of hydrogen-bond acceptors (Lipinski definition) is 3. The van der Waals surface area contributed by atoms with Crippen LogP contribution >= 0.6 is 0 Å². The van der Waals surface area contributed by atoms with Crippen molar-refractivity contribution in [3.05, 3.63) is 23.9 Å². The monoisotopic (exact) mass is 194 g/mol. The zero-order chi connectivity index (χ0) is 10.6. The third-order valence-corrected chi connectivity index (χ3v) is 2.31. The lowest BCUT2D eigenvalue weighted by Gasteiger charge is -2.21. The highest BCUT2D eigenvalue weighted by molar-refractivity contribution is 5.29. The first-order chi connectivity index (χ1) is 6.70. The van der Waals surface area contributed by atoms with E-state index >= 15 is 0 Å². The van der Waals surface area contributed by atoms with Crippen LogP contribution in [0, 0.1) is 5.92 Å². The van der Waals surface area contributed by atoms with Gasteiger partial charge < -0.3 is 10.1 Å². The SMILES string of the molecule is CNC(c1cccnc1OC)C(C)C. The summed E-state index contributed by atoms with van der Waals surface area (Å²) in [6.45, 7) is 4.35. The lowest BCUT2D eigenvalue weighted by atomic mass is 9.97. The minimum atomic E-state index is 0.290. The van der Waals surface area contributed by atoms with Gasteiger partial charge in [0.05, 0.1) is 7.11 Å².